The van der Waals surface area contributed by atoms with Crippen LogP contribution in [0.25, 0.3) is 0 Å². The Kier molecular flexibility index (Phi) is 4.94. The van der Waals surface area contributed by atoms with Crippen molar-refractivity contribution in [2.24, 2.45) is 11.1 Å². The fraction of sp³-hybridized carbons (Fsp3) is 0.562. The van der Waals surface area contributed by atoms with E-state index in [4.69, 9.17) is 15.1 Å². The quantitative estimate of drug-likeness (QED) is 0.385. The highest BCUT2D eigenvalue weighted by Crippen LogP contribution is 2.59. The number of amides is 3. The molecular formula is C16H21N5O7S. The SMILES string of the molecule is NC(CONC(=O)[C@@H]1CC2(CC2)[C@@H]2CN1C(=O)N2OS(=O)(=O)O)c1cccnc1. The fourth-order valence-electron chi connectivity index (χ4n) is 4.01. The lowest BCUT2D eigenvalue weighted by molar-refractivity contribution is -0.140. The van der Waals surface area contributed by atoms with Crippen LogP contribution in [0, 0.1) is 5.41 Å². The van der Waals surface area contributed by atoms with Crippen molar-refractivity contribution in [2.75, 3.05) is 13.2 Å². The second kappa shape index (κ2) is 7.18. The molecule has 1 aliphatic carbocycles. The number of aromatic nitrogens is 1. The van der Waals surface area contributed by atoms with E-state index in [1.165, 1.54) is 4.90 Å². The van der Waals surface area contributed by atoms with E-state index < -0.39 is 45.9 Å². The van der Waals surface area contributed by atoms with Crippen molar-refractivity contribution < 1.29 is 31.7 Å². The fourth-order valence-corrected chi connectivity index (χ4v) is 4.38. The van der Waals surface area contributed by atoms with Crippen molar-refractivity contribution in [1.29, 1.82) is 0 Å². The Morgan fingerprint density at radius 1 is 1.48 bits per heavy atom. The normalized spacial score (nSPS) is 25.9. The molecule has 0 aromatic carbocycles. The van der Waals surface area contributed by atoms with Gasteiger partial charge in [-0.3, -0.25) is 19.2 Å². The molecule has 2 aliphatic heterocycles. The zero-order chi connectivity index (χ0) is 20.8. The first-order chi connectivity index (χ1) is 13.7. The second-order valence-electron chi connectivity index (χ2n) is 7.53. The van der Waals surface area contributed by atoms with Gasteiger partial charge in [0.15, 0.2) is 0 Å². The van der Waals surface area contributed by atoms with Crippen molar-refractivity contribution in [3.05, 3.63) is 30.1 Å². The summed E-state index contributed by atoms with van der Waals surface area (Å²) < 4.78 is 35.6. The summed E-state index contributed by atoms with van der Waals surface area (Å²) in [5.41, 5.74) is 8.64. The number of carbonyl (C=O) groups excluding carboxylic acids is 2. The average Bonchev–Trinajstić information content (AvgIpc) is 3.39. The lowest BCUT2D eigenvalue weighted by atomic mass is 9.85. The van der Waals surface area contributed by atoms with E-state index in [0.717, 1.165) is 18.4 Å². The largest absolute Gasteiger partial charge is 0.418 e. The summed E-state index contributed by atoms with van der Waals surface area (Å²) in [7, 11) is -4.86. The molecule has 3 aliphatic rings. The van der Waals surface area contributed by atoms with Gasteiger partial charge in [0.05, 0.1) is 18.7 Å². The molecule has 4 rings (SSSR count). The Labute approximate surface area is 166 Å². The Bertz CT molecular complexity index is 907. The molecule has 158 valence electrons. The van der Waals surface area contributed by atoms with Crippen molar-refractivity contribution >= 4 is 22.3 Å². The van der Waals surface area contributed by atoms with Crippen LogP contribution in [0.5, 0.6) is 0 Å². The molecule has 3 amide bonds. The monoisotopic (exact) mass is 427 g/mol. The number of nitrogens with one attached hydrogen (secondary N) is 1. The first-order valence-electron chi connectivity index (χ1n) is 9.04. The van der Waals surface area contributed by atoms with Gasteiger partial charge >= 0.3 is 16.4 Å². The third kappa shape index (κ3) is 3.91. The van der Waals surface area contributed by atoms with Gasteiger partial charge < -0.3 is 10.6 Å². The summed E-state index contributed by atoms with van der Waals surface area (Å²) in [4.78, 5) is 35.6. The molecule has 1 unspecified atom stereocenters. The number of rotatable bonds is 7. The van der Waals surface area contributed by atoms with Gasteiger partial charge in [-0.2, -0.15) is 13.5 Å². The zero-order valence-corrected chi connectivity index (χ0v) is 16.1. The van der Waals surface area contributed by atoms with Crippen molar-refractivity contribution in [3.63, 3.8) is 0 Å². The van der Waals surface area contributed by atoms with Crippen LogP contribution >= 0.6 is 0 Å². The van der Waals surface area contributed by atoms with E-state index in [0.29, 0.717) is 11.5 Å². The van der Waals surface area contributed by atoms with Gasteiger partial charge in [-0.1, -0.05) is 6.07 Å². The lowest BCUT2D eigenvalue weighted by Crippen LogP contribution is -2.52. The summed E-state index contributed by atoms with van der Waals surface area (Å²) in [5.74, 6) is -0.532. The third-order valence-electron chi connectivity index (χ3n) is 5.69. The number of nitrogens with zero attached hydrogens (tertiary/aromatic N) is 3. The molecule has 4 N–H and O–H groups in total. The first kappa shape index (κ1) is 20.0. The van der Waals surface area contributed by atoms with Gasteiger partial charge in [0.2, 0.25) is 0 Å². The molecule has 1 aromatic heterocycles. The molecule has 1 spiro atoms. The standard InChI is InChI=1S/C16H21N5O7S/c17-11(10-2-1-5-18-7-10)9-27-19-14(22)12-6-16(3-4-16)13-8-20(12)15(23)21(13)28-29(24,25)26/h1-2,5,7,11-13H,3-4,6,8-9,17H2,(H,19,22)(H,24,25,26)/t11?,12-,13-/m0/s1. The van der Waals surface area contributed by atoms with Crippen LogP contribution in [0.4, 0.5) is 4.79 Å². The molecule has 2 bridgehead atoms. The third-order valence-corrected chi connectivity index (χ3v) is 6.04. The van der Waals surface area contributed by atoms with E-state index in [9.17, 15) is 18.0 Å². The molecule has 3 fully saturated rings. The minimum atomic E-state index is -4.86. The highest BCUT2D eigenvalue weighted by Gasteiger charge is 2.65. The van der Waals surface area contributed by atoms with E-state index in [1.807, 2.05) is 0 Å². The summed E-state index contributed by atoms with van der Waals surface area (Å²) in [6, 6.07) is 0.853. The summed E-state index contributed by atoms with van der Waals surface area (Å²) >= 11 is 0. The van der Waals surface area contributed by atoms with Crippen molar-refractivity contribution in [1.82, 2.24) is 20.4 Å². The van der Waals surface area contributed by atoms with E-state index in [1.54, 1.807) is 24.5 Å². The van der Waals surface area contributed by atoms with Gasteiger partial charge in [0.25, 0.3) is 5.91 Å². The molecule has 1 aromatic rings. The first-order valence-corrected chi connectivity index (χ1v) is 10.4. The molecular weight excluding hydrogens is 406 g/mol. The Morgan fingerprint density at radius 3 is 2.86 bits per heavy atom. The maximum Gasteiger partial charge on any atom is 0.418 e. The second-order valence-corrected chi connectivity index (χ2v) is 8.54. The van der Waals surface area contributed by atoms with E-state index in [2.05, 4.69) is 14.7 Å². The van der Waals surface area contributed by atoms with Crippen LogP contribution in [-0.4, -0.2) is 65.1 Å². The molecule has 2 saturated heterocycles. The minimum absolute atomic E-state index is 0.00383. The molecule has 12 nitrogen and oxygen atoms in total. The number of hydrogen-bond acceptors (Lipinski definition) is 8. The van der Waals surface area contributed by atoms with Gasteiger partial charge in [-0.15, -0.1) is 4.28 Å². The number of pyridine rings is 1. The molecule has 29 heavy (non-hydrogen) atoms. The molecule has 13 heteroatoms. The van der Waals surface area contributed by atoms with Gasteiger partial charge in [-0.05, 0) is 36.3 Å². The summed E-state index contributed by atoms with van der Waals surface area (Å²) in [6.07, 6.45) is 5.01. The number of hydrogen-bond donors (Lipinski definition) is 3. The van der Waals surface area contributed by atoms with Crippen molar-refractivity contribution in [2.45, 2.75) is 37.4 Å². The number of hydroxylamine groups is 3. The number of piperidine rings is 1. The van der Waals surface area contributed by atoms with Crippen LogP contribution < -0.4 is 11.2 Å². The van der Waals surface area contributed by atoms with Gasteiger partial charge in [-0.25, -0.2) is 10.3 Å². The predicted molar refractivity (Wildman–Crippen MR) is 95.7 cm³/mol. The van der Waals surface area contributed by atoms with Crippen LogP contribution in [0.15, 0.2) is 24.5 Å². The molecule has 3 heterocycles. The van der Waals surface area contributed by atoms with Gasteiger partial charge in [0.1, 0.15) is 6.04 Å². The highest BCUT2D eigenvalue weighted by molar-refractivity contribution is 7.80. The van der Waals surface area contributed by atoms with Crippen LogP contribution in [-0.2, 0) is 24.3 Å². The molecule has 0 radical (unpaired) electrons. The number of urea groups is 1. The summed E-state index contributed by atoms with van der Waals surface area (Å²) in [6.45, 7) is 0.130. The Hall–Kier alpha value is -2.32. The van der Waals surface area contributed by atoms with Crippen LogP contribution in [0.3, 0.4) is 0 Å². The topological polar surface area (TPSA) is 164 Å². The number of nitrogens with two attached hydrogens (primary N) is 1. The smallest absolute Gasteiger partial charge is 0.322 e. The highest BCUT2D eigenvalue weighted by atomic mass is 32.3. The average molecular weight is 427 g/mol. The van der Waals surface area contributed by atoms with E-state index >= 15 is 0 Å². The van der Waals surface area contributed by atoms with Crippen LogP contribution in [0.2, 0.25) is 0 Å². The van der Waals surface area contributed by atoms with E-state index in [-0.39, 0.29) is 13.2 Å². The number of carbonyl (C=O) groups is 2. The maximum absolute atomic E-state index is 12.6. The molecule has 3 atom stereocenters. The molecule has 1 saturated carbocycles. The zero-order valence-electron chi connectivity index (χ0n) is 15.3. The van der Waals surface area contributed by atoms with Crippen molar-refractivity contribution in [3.8, 4) is 0 Å². The summed E-state index contributed by atoms with van der Waals surface area (Å²) in [5, 5.41) is 0.661. The Morgan fingerprint density at radius 2 is 2.24 bits per heavy atom. The predicted octanol–water partition coefficient (Wildman–Crippen LogP) is -0.478. The minimum Gasteiger partial charge on any atom is -0.322 e. The Balaban J connectivity index is 1.39. The number of fused-ring (bicyclic) bond motifs is 3. The lowest BCUT2D eigenvalue weighted by Gasteiger charge is -2.35. The van der Waals surface area contributed by atoms with Crippen LogP contribution in [0.1, 0.15) is 30.9 Å². The maximum atomic E-state index is 12.6. The van der Waals surface area contributed by atoms with Gasteiger partial charge in [0, 0.05) is 18.9 Å².